The highest BCUT2D eigenvalue weighted by molar-refractivity contribution is 6.20. The normalized spacial score (nSPS) is 12.0. The van der Waals surface area contributed by atoms with Gasteiger partial charge in [0.1, 0.15) is 0 Å². The van der Waals surface area contributed by atoms with E-state index in [1.54, 1.807) is 0 Å². The first-order valence-corrected chi connectivity index (χ1v) is 21.6. The third-order valence-corrected chi connectivity index (χ3v) is 9.80. The van der Waals surface area contributed by atoms with Gasteiger partial charge in [-0.25, -0.2) is 0 Å². The van der Waals surface area contributed by atoms with E-state index in [4.69, 9.17) is 18.9 Å². The van der Waals surface area contributed by atoms with Crippen LogP contribution in [0.5, 0.6) is 0 Å². The van der Waals surface area contributed by atoms with Crippen molar-refractivity contribution in [1.82, 2.24) is 0 Å². The lowest BCUT2D eigenvalue weighted by atomic mass is 9.72. The molecule has 8 heteroatoms. The van der Waals surface area contributed by atoms with Crippen molar-refractivity contribution in [3.05, 3.63) is 0 Å². The molecule has 0 amide bonds. The molecule has 0 rings (SSSR count). The zero-order valence-corrected chi connectivity index (χ0v) is 34.0. The molecule has 0 aliphatic heterocycles. The number of ether oxygens (including phenoxy) is 4. The Bertz CT molecular complexity index is 783. The van der Waals surface area contributed by atoms with E-state index >= 15 is 0 Å². The van der Waals surface area contributed by atoms with Crippen molar-refractivity contribution in [3.8, 4) is 0 Å². The zero-order valence-electron chi connectivity index (χ0n) is 34.0. The Morgan fingerprint density at radius 2 is 0.608 bits per heavy atom. The first-order chi connectivity index (χ1) is 24.9. The average molecular weight is 725 g/mol. The van der Waals surface area contributed by atoms with Crippen molar-refractivity contribution < 1.29 is 38.1 Å². The summed E-state index contributed by atoms with van der Waals surface area (Å²) in [5.74, 6) is -5.26. The molecule has 0 aromatic carbocycles. The molecule has 1 atom stereocenters. The highest BCUT2D eigenvalue weighted by Crippen LogP contribution is 2.38. The molecule has 1 unspecified atom stereocenters. The monoisotopic (exact) mass is 725 g/mol. The Kier molecular flexibility index (Phi) is 33.5. The predicted octanol–water partition coefficient (Wildman–Crippen LogP) is 11.8. The van der Waals surface area contributed by atoms with Crippen molar-refractivity contribution in [2.45, 2.75) is 214 Å². The number of hydrogen-bond acceptors (Lipinski definition) is 8. The summed E-state index contributed by atoms with van der Waals surface area (Å²) in [4.78, 5) is 57.0. The smallest absolute Gasteiger partial charge is 0.336 e. The molecule has 0 heterocycles. The second-order valence-corrected chi connectivity index (χ2v) is 14.5. The molecule has 300 valence electrons. The van der Waals surface area contributed by atoms with Gasteiger partial charge in [0.15, 0.2) is 0 Å². The molecule has 0 saturated carbocycles. The minimum Gasteiger partial charge on any atom is -0.465 e. The summed E-state index contributed by atoms with van der Waals surface area (Å²) < 4.78 is 23.1. The van der Waals surface area contributed by atoms with Gasteiger partial charge in [0, 0.05) is 0 Å². The Hall–Kier alpha value is -2.12. The van der Waals surface area contributed by atoms with Crippen LogP contribution >= 0.6 is 0 Å². The fourth-order valence-corrected chi connectivity index (χ4v) is 6.43. The van der Waals surface area contributed by atoms with Crippen molar-refractivity contribution in [2.75, 3.05) is 26.4 Å². The molecule has 0 fully saturated rings. The van der Waals surface area contributed by atoms with E-state index in [1.807, 2.05) is 6.92 Å². The highest BCUT2D eigenvalue weighted by Gasteiger charge is 2.65. The summed E-state index contributed by atoms with van der Waals surface area (Å²) in [5, 5.41) is 0. The van der Waals surface area contributed by atoms with Crippen LogP contribution < -0.4 is 0 Å². The minimum absolute atomic E-state index is 0.0522. The van der Waals surface area contributed by atoms with Gasteiger partial charge in [-0.2, -0.15) is 0 Å². The van der Waals surface area contributed by atoms with E-state index in [0.29, 0.717) is 32.1 Å². The molecular weight excluding hydrogens is 644 g/mol. The van der Waals surface area contributed by atoms with E-state index in [9.17, 15) is 19.2 Å². The molecule has 51 heavy (non-hydrogen) atoms. The third-order valence-electron chi connectivity index (χ3n) is 9.80. The van der Waals surface area contributed by atoms with Crippen LogP contribution in [0.25, 0.3) is 0 Å². The molecule has 0 aromatic heterocycles. The first kappa shape index (κ1) is 48.9. The van der Waals surface area contributed by atoms with E-state index in [1.165, 1.54) is 6.42 Å². The second kappa shape index (κ2) is 34.9. The van der Waals surface area contributed by atoms with Gasteiger partial charge in [-0.15, -0.1) is 0 Å². The van der Waals surface area contributed by atoms with Crippen LogP contribution in [-0.4, -0.2) is 50.3 Å². The van der Waals surface area contributed by atoms with Crippen molar-refractivity contribution >= 4 is 23.9 Å². The van der Waals surface area contributed by atoms with Crippen LogP contribution in [0.3, 0.4) is 0 Å². The Labute approximate surface area is 313 Å². The van der Waals surface area contributed by atoms with E-state index < -0.39 is 35.2 Å². The predicted molar refractivity (Wildman–Crippen MR) is 207 cm³/mol. The number of rotatable bonds is 37. The standard InChI is InChI=1S/C43H80O8/c1-6-11-16-20-24-29-34-48-39(44)38(33-28-15-10-5)43(40(45)49-35-30-25-21-17-12-7-2,41(46)50-36-31-26-22-18-13-8-3)42(47)51-37-32-27-23-19-14-9-4/h38H,6-37H2,1-5H3. The average Bonchev–Trinajstić information content (AvgIpc) is 3.12. The van der Waals surface area contributed by atoms with Gasteiger partial charge in [0.2, 0.25) is 0 Å². The molecular formula is C43H80O8. The van der Waals surface area contributed by atoms with E-state index in [2.05, 4.69) is 27.7 Å². The van der Waals surface area contributed by atoms with Gasteiger partial charge in [0.05, 0.1) is 32.3 Å². The van der Waals surface area contributed by atoms with Crippen molar-refractivity contribution in [2.24, 2.45) is 11.3 Å². The molecule has 0 aromatic rings. The fourth-order valence-electron chi connectivity index (χ4n) is 6.43. The van der Waals surface area contributed by atoms with Gasteiger partial charge in [-0.1, -0.05) is 182 Å². The molecule has 0 bridgehead atoms. The lowest BCUT2D eigenvalue weighted by Gasteiger charge is -2.33. The maximum Gasteiger partial charge on any atom is 0.336 e. The highest BCUT2D eigenvalue weighted by atomic mass is 16.6. The van der Waals surface area contributed by atoms with Crippen LogP contribution in [0.2, 0.25) is 0 Å². The number of unbranched alkanes of at least 4 members (excludes halogenated alkanes) is 22. The molecule has 0 spiro atoms. The van der Waals surface area contributed by atoms with Crippen LogP contribution in [-0.2, 0) is 38.1 Å². The summed E-state index contributed by atoms with van der Waals surface area (Å²) in [6.07, 6.45) is 26.0. The van der Waals surface area contributed by atoms with E-state index in [-0.39, 0.29) is 32.8 Å². The Morgan fingerprint density at radius 3 is 0.922 bits per heavy atom. The van der Waals surface area contributed by atoms with Gasteiger partial charge in [0.25, 0.3) is 5.41 Å². The lowest BCUT2D eigenvalue weighted by molar-refractivity contribution is -0.195. The Balaban J connectivity index is 6.36. The summed E-state index contributed by atoms with van der Waals surface area (Å²) in [5.41, 5.74) is -2.57. The molecule has 0 aliphatic carbocycles. The van der Waals surface area contributed by atoms with Crippen LogP contribution in [0.15, 0.2) is 0 Å². The van der Waals surface area contributed by atoms with Gasteiger partial charge < -0.3 is 18.9 Å². The summed E-state index contributed by atoms with van der Waals surface area (Å²) in [6, 6.07) is 0. The minimum atomic E-state index is -2.57. The molecule has 0 aliphatic rings. The number of carbonyl (C=O) groups excluding carboxylic acids is 4. The molecule has 0 N–H and O–H groups in total. The zero-order chi connectivity index (χ0) is 37.8. The maximum atomic E-state index is 14.3. The van der Waals surface area contributed by atoms with Gasteiger partial charge >= 0.3 is 23.9 Å². The summed E-state index contributed by atoms with van der Waals surface area (Å²) in [7, 11) is 0. The summed E-state index contributed by atoms with van der Waals surface area (Å²) in [6.45, 7) is 11.0. The van der Waals surface area contributed by atoms with Crippen molar-refractivity contribution in [1.29, 1.82) is 0 Å². The van der Waals surface area contributed by atoms with Crippen molar-refractivity contribution in [3.63, 3.8) is 0 Å². The topological polar surface area (TPSA) is 105 Å². The van der Waals surface area contributed by atoms with Crippen LogP contribution in [0, 0.1) is 11.3 Å². The molecule has 0 saturated heterocycles. The largest absolute Gasteiger partial charge is 0.465 e. The Morgan fingerprint density at radius 1 is 0.353 bits per heavy atom. The second-order valence-electron chi connectivity index (χ2n) is 14.5. The first-order valence-electron chi connectivity index (χ1n) is 21.6. The molecule has 0 radical (unpaired) electrons. The number of carbonyl (C=O) groups is 4. The lowest BCUT2D eigenvalue weighted by Crippen LogP contribution is -2.57. The van der Waals surface area contributed by atoms with Crippen LogP contribution in [0.4, 0.5) is 0 Å². The SMILES string of the molecule is CCCCCCCCOC(=O)C(CCCCC)C(C(=O)OCCCCCCCC)(C(=O)OCCCCCCCC)C(=O)OCCCCCCCC. The van der Waals surface area contributed by atoms with Crippen LogP contribution in [0.1, 0.15) is 214 Å². The third kappa shape index (κ3) is 22.5. The quantitative estimate of drug-likeness (QED) is 0.0270. The molecule has 8 nitrogen and oxygen atoms in total. The number of hydrogen-bond donors (Lipinski definition) is 0. The van der Waals surface area contributed by atoms with Gasteiger partial charge in [-0.05, 0) is 32.1 Å². The summed E-state index contributed by atoms with van der Waals surface area (Å²) >= 11 is 0. The maximum absolute atomic E-state index is 14.3. The van der Waals surface area contributed by atoms with E-state index in [0.717, 1.165) is 135 Å². The van der Waals surface area contributed by atoms with Gasteiger partial charge in [-0.3, -0.25) is 19.2 Å². The fraction of sp³-hybridized carbons (Fsp3) is 0.907. The number of esters is 4.